The third kappa shape index (κ3) is 4.67. The molecule has 0 aliphatic carbocycles. The van der Waals surface area contributed by atoms with Crippen LogP contribution < -0.4 is 5.32 Å². The standard InChI is InChI=1S/C18H18Cl2FN5O/c1-11-18(23-17(27)5-6-25-10-14(19)8-22-25)12(2)26(24-11)9-13-3-4-15(21)7-16(13)20/h3-4,7-8,10H,5-6,9H2,1-2H3,(H,23,27). The van der Waals surface area contributed by atoms with Crippen LogP contribution >= 0.6 is 23.2 Å². The van der Waals surface area contributed by atoms with E-state index in [1.165, 1.54) is 18.3 Å². The van der Waals surface area contributed by atoms with Crippen molar-refractivity contribution >= 4 is 34.8 Å². The van der Waals surface area contributed by atoms with Gasteiger partial charge in [-0.3, -0.25) is 14.2 Å². The van der Waals surface area contributed by atoms with Crippen molar-refractivity contribution in [1.29, 1.82) is 0 Å². The minimum Gasteiger partial charge on any atom is -0.323 e. The molecule has 2 aromatic heterocycles. The molecule has 3 rings (SSSR count). The highest BCUT2D eigenvalue weighted by Gasteiger charge is 2.15. The second-order valence-electron chi connectivity index (χ2n) is 6.16. The lowest BCUT2D eigenvalue weighted by atomic mass is 10.2. The van der Waals surface area contributed by atoms with Crippen molar-refractivity contribution in [3.8, 4) is 0 Å². The fraction of sp³-hybridized carbons (Fsp3) is 0.278. The van der Waals surface area contributed by atoms with Crippen molar-refractivity contribution in [3.05, 3.63) is 63.4 Å². The van der Waals surface area contributed by atoms with E-state index in [9.17, 15) is 9.18 Å². The number of nitrogens with one attached hydrogen (secondary N) is 1. The Hall–Kier alpha value is -2.38. The number of carbonyl (C=O) groups is 1. The van der Waals surface area contributed by atoms with Crippen molar-refractivity contribution in [1.82, 2.24) is 19.6 Å². The number of hydrogen-bond donors (Lipinski definition) is 1. The van der Waals surface area contributed by atoms with E-state index in [1.54, 1.807) is 21.6 Å². The molecule has 0 saturated carbocycles. The lowest BCUT2D eigenvalue weighted by Crippen LogP contribution is -2.15. The number of halogens is 3. The number of rotatable bonds is 6. The SMILES string of the molecule is Cc1nn(Cc2ccc(F)cc2Cl)c(C)c1NC(=O)CCn1cc(Cl)cn1. The molecular formula is C18H18Cl2FN5O. The molecule has 2 heterocycles. The normalized spacial score (nSPS) is 11.0. The van der Waals surface area contributed by atoms with Crippen LogP contribution in [0.4, 0.5) is 10.1 Å². The molecule has 0 aliphatic rings. The molecule has 1 amide bonds. The Morgan fingerprint density at radius 2 is 2.07 bits per heavy atom. The summed E-state index contributed by atoms with van der Waals surface area (Å²) >= 11 is 11.9. The van der Waals surface area contributed by atoms with Crippen LogP contribution in [0.15, 0.2) is 30.6 Å². The van der Waals surface area contributed by atoms with Crippen molar-refractivity contribution in [3.63, 3.8) is 0 Å². The molecule has 1 N–H and O–H groups in total. The summed E-state index contributed by atoms with van der Waals surface area (Å²) in [5.41, 5.74) is 2.90. The number of carbonyl (C=O) groups excluding carboxylic acids is 1. The van der Waals surface area contributed by atoms with Gasteiger partial charge < -0.3 is 5.32 Å². The molecule has 0 radical (unpaired) electrons. The van der Waals surface area contributed by atoms with E-state index in [0.717, 1.165) is 11.3 Å². The van der Waals surface area contributed by atoms with E-state index in [4.69, 9.17) is 23.2 Å². The Morgan fingerprint density at radius 3 is 2.74 bits per heavy atom. The van der Waals surface area contributed by atoms with Gasteiger partial charge in [0, 0.05) is 24.2 Å². The third-order valence-corrected chi connectivity index (χ3v) is 4.70. The van der Waals surface area contributed by atoms with Crippen molar-refractivity contribution in [2.45, 2.75) is 33.4 Å². The van der Waals surface area contributed by atoms with E-state index >= 15 is 0 Å². The maximum atomic E-state index is 13.2. The lowest BCUT2D eigenvalue weighted by molar-refractivity contribution is -0.116. The van der Waals surface area contributed by atoms with Crippen LogP contribution in [0.5, 0.6) is 0 Å². The average Bonchev–Trinajstić information content (AvgIpc) is 3.14. The predicted octanol–water partition coefficient (Wildman–Crippen LogP) is 4.22. The molecule has 0 saturated heterocycles. The Labute approximate surface area is 165 Å². The molecule has 0 atom stereocenters. The summed E-state index contributed by atoms with van der Waals surface area (Å²) in [5, 5.41) is 12.3. The first-order valence-corrected chi connectivity index (χ1v) is 9.05. The third-order valence-electron chi connectivity index (χ3n) is 4.15. The summed E-state index contributed by atoms with van der Waals surface area (Å²) in [6.45, 7) is 4.49. The number of aryl methyl sites for hydroxylation is 2. The molecule has 3 aromatic rings. The zero-order chi connectivity index (χ0) is 19.6. The van der Waals surface area contributed by atoms with Crippen LogP contribution in [0.3, 0.4) is 0 Å². The van der Waals surface area contributed by atoms with Gasteiger partial charge in [-0.05, 0) is 31.5 Å². The van der Waals surface area contributed by atoms with E-state index in [1.807, 2.05) is 13.8 Å². The summed E-state index contributed by atoms with van der Waals surface area (Å²) in [6, 6.07) is 4.26. The molecule has 0 spiro atoms. The molecule has 0 aliphatic heterocycles. The van der Waals surface area contributed by atoms with Crippen LogP contribution in [0.25, 0.3) is 0 Å². The first-order chi connectivity index (χ1) is 12.8. The predicted molar refractivity (Wildman–Crippen MR) is 103 cm³/mol. The second-order valence-corrected chi connectivity index (χ2v) is 7.00. The summed E-state index contributed by atoms with van der Waals surface area (Å²) in [4.78, 5) is 12.3. The molecule has 9 heteroatoms. The van der Waals surface area contributed by atoms with Crippen molar-refractivity contribution in [2.75, 3.05) is 5.32 Å². The molecule has 0 bridgehead atoms. The number of nitrogens with zero attached hydrogens (tertiary/aromatic N) is 4. The topological polar surface area (TPSA) is 64.7 Å². The fourth-order valence-electron chi connectivity index (χ4n) is 2.72. The Bertz CT molecular complexity index is 982. The molecule has 1 aromatic carbocycles. The summed E-state index contributed by atoms with van der Waals surface area (Å²) in [7, 11) is 0. The van der Waals surface area contributed by atoms with Crippen LogP contribution in [0.1, 0.15) is 23.4 Å². The monoisotopic (exact) mass is 409 g/mol. The van der Waals surface area contributed by atoms with Crippen LogP contribution in [0.2, 0.25) is 10.0 Å². The van der Waals surface area contributed by atoms with Gasteiger partial charge >= 0.3 is 0 Å². The van der Waals surface area contributed by atoms with E-state index in [-0.39, 0.29) is 18.1 Å². The van der Waals surface area contributed by atoms with Gasteiger partial charge in [-0.25, -0.2) is 4.39 Å². The largest absolute Gasteiger partial charge is 0.323 e. The van der Waals surface area contributed by atoms with Gasteiger partial charge in [-0.15, -0.1) is 0 Å². The molecule has 6 nitrogen and oxygen atoms in total. The lowest BCUT2D eigenvalue weighted by Gasteiger charge is -2.09. The Balaban J connectivity index is 1.68. The minimum absolute atomic E-state index is 0.146. The Kier molecular flexibility index (Phi) is 5.82. The molecular weight excluding hydrogens is 392 g/mol. The zero-order valence-corrected chi connectivity index (χ0v) is 16.4. The highest BCUT2D eigenvalue weighted by Crippen LogP contribution is 2.23. The van der Waals surface area contributed by atoms with E-state index in [0.29, 0.717) is 34.5 Å². The van der Waals surface area contributed by atoms with E-state index < -0.39 is 0 Å². The van der Waals surface area contributed by atoms with Crippen LogP contribution in [0, 0.1) is 19.7 Å². The van der Waals surface area contributed by atoms with Gasteiger partial charge in [0.2, 0.25) is 5.91 Å². The summed E-state index contributed by atoms with van der Waals surface area (Å²) in [5.74, 6) is -0.532. The summed E-state index contributed by atoms with van der Waals surface area (Å²) < 4.78 is 16.6. The van der Waals surface area contributed by atoms with E-state index in [2.05, 4.69) is 15.5 Å². The number of benzene rings is 1. The second kappa shape index (κ2) is 8.10. The van der Waals surface area contributed by atoms with Gasteiger partial charge in [0.15, 0.2) is 0 Å². The van der Waals surface area contributed by atoms with Gasteiger partial charge in [-0.2, -0.15) is 10.2 Å². The highest BCUT2D eigenvalue weighted by atomic mass is 35.5. The van der Waals surface area contributed by atoms with Gasteiger partial charge in [0.25, 0.3) is 0 Å². The van der Waals surface area contributed by atoms with Crippen molar-refractivity contribution < 1.29 is 9.18 Å². The smallest absolute Gasteiger partial charge is 0.226 e. The van der Waals surface area contributed by atoms with Gasteiger partial charge in [0.1, 0.15) is 5.82 Å². The number of aromatic nitrogens is 4. The van der Waals surface area contributed by atoms with Crippen LogP contribution in [-0.4, -0.2) is 25.5 Å². The highest BCUT2D eigenvalue weighted by molar-refractivity contribution is 6.31. The van der Waals surface area contributed by atoms with Gasteiger partial charge in [0.05, 0.1) is 34.8 Å². The summed E-state index contributed by atoms with van der Waals surface area (Å²) in [6.07, 6.45) is 3.44. The van der Waals surface area contributed by atoms with Crippen LogP contribution in [-0.2, 0) is 17.9 Å². The Morgan fingerprint density at radius 1 is 1.30 bits per heavy atom. The van der Waals surface area contributed by atoms with Crippen molar-refractivity contribution in [2.24, 2.45) is 0 Å². The molecule has 27 heavy (non-hydrogen) atoms. The number of anilines is 1. The molecule has 142 valence electrons. The fourth-order valence-corrected chi connectivity index (χ4v) is 3.10. The molecule has 0 fully saturated rings. The zero-order valence-electron chi connectivity index (χ0n) is 14.8. The quantitative estimate of drug-likeness (QED) is 0.662. The molecule has 0 unspecified atom stereocenters. The first kappa shape index (κ1) is 19.4. The maximum Gasteiger partial charge on any atom is 0.226 e. The maximum absolute atomic E-state index is 13.2. The number of amides is 1. The minimum atomic E-state index is -0.386. The first-order valence-electron chi connectivity index (χ1n) is 8.29. The van der Waals surface area contributed by atoms with Gasteiger partial charge in [-0.1, -0.05) is 29.3 Å². The average molecular weight is 410 g/mol. The number of hydrogen-bond acceptors (Lipinski definition) is 3.